The number of likely N-dealkylation sites (tertiary alicyclic amines) is 2. The Hall–Kier alpha value is -13.9. The molecule has 722 valence electrons. The Morgan fingerprint density at radius 2 is 1.18 bits per heavy atom. The summed E-state index contributed by atoms with van der Waals surface area (Å²) >= 11 is 0. The summed E-state index contributed by atoms with van der Waals surface area (Å²) in [5.74, 6) is 1.50. The van der Waals surface area contributed by atoms with Crippen LogP contribution in [0, 0.1) is 44.0 Å². The van der Waals surface area contributed by atoms with Gasteiger partial charge >= 0.3 is 12.4 Å². The number of nitriles is 1. The summed E-state index contributed by atoms with van der Waals surface area (Å²) in [5.41, 5.74) is 3.08. The lowest BCUT2D eigenvalue weighted by molar-refractivity contribution is -0.385. The second-order valence-electron chi connectivity index (χ2n) is 35.8. The van der Waals surface area contributed by atoms with E-state index in [4.69, 9.17) is 28.9 Å². The number of nitro benzene ring substituents is 2. The van der Waals surface area contributed by atoms with E-state index >= 15 is 0 Å². The number of carbonyl (C=O) groups excluding carboxylic acids is 5. The second kappa shape index (κ2) is 42.3. The van der Waals surface area contributed by atoms with Crippen molar-refractivity contribution >= 4 is 68.0 Å². The molecule has 9 aromatic rings. The van der Waals surface area contributed by atoms with Crippen LogP contribution >= 0.6 is 0 Å². The average Bonchev–Trinajstić information content (AvgIpc) is 0.727. The number of sulfonamides is 1. The van der Waals surface area contributed by atoms with Crippen LogP contribution in [0.3, 0.4) is 0 Å². The molecule has 3 aromatic heterocycles. The van der Waals surface area contributed by atoms with Gasteiger partial charge in [-0.3, -0.25) is 63.7 Å². The summed E-state index contributed by atoms with van der Waals surface area (Å²) in [6.45, 7) is 21.5. The van der Waals surface area contributed by atoms with Gasteiger partial charge in [0.25, 0.3) is 32.9 Å². The van der Waals surface area contributed by atoms with Crippen molar-refractivity contribution in [1.29, 1.82) is 5.26 Å². The Balaban J connectivity index is 0.000000174. The topological polar surface area (TPSA) is 430 Å². The number of pyridine rings is 3. The largest absolute Gasteiger partial charge is 0.559 e. The highest BCUT2D eigenvalue weighted by Crippen LogP contribution is 2.50. The number of ether oxygens (including phenoxy) is 5. The van der Waals surface area contributed by atoms with E-state index in [1.165, 1.54) is 72.4 Å². The van der Waals surface area contributed by atoms with Gasteiger partial charge in [-0.15, -0.1) is 17.6 Å². The van der Waals surface area contributed by atoms with Gasteiger partial charge in [-0.2, -0.15) is 10.3 Å². The highest BCUT2D eigenvalue weighted by Gasteiger charge is 2.53. The number of nitrogens with one attached hydrogen (secondary N) is 2. The smallest absolute Gasteiger partial charge is 0.485 e. The van der Waals surface area contributed by atoms with E-state index in [0.29, 0.717) is 93.8 Å². The number of nitrogens with zero attached hydrogens (tertiary/aromatic N) is 10. The second-order valence-corrected chi connectivity index (χ2v) is 37.5. The molecule has 0 radical (unpaired) electrons. The third kappa shape index (κ3) is 24.2. The van der Waals surface area contributed by atoms with E-state index in [9.17, 15) is 94.7 Å². The summed E-state index contributed by atoms with van der Waals surface area (Å²) in [5, 5.41) is 66.9. The monoisotopic (exact) mass is 1900 g/mol. The maximum Gasteiger partial charge on any atom is 0.559 e. The number of benzene rings is 6. The van der Waals surface area contributed by atoms with Gasteiger partial charge in [0.2, 0.25) is 18.0 Å². The fraction of sp³-hybridized carbons (Fsp3) is 0.388. The minimum Gasteiger partial charge on any atom is -0.485 e. The van der Waals surface area contributed by atoms with E-state index in [0.717, 1.165) is 48.1 Å². The van der Waals surface area contributed by atoms with Crippen LogP contribution in [-0.2, 0) is 35.8 Å². The standard InChI is InChI=1S/C23H23N3O3.C22H26N2O5S.C19H18N2O6.C17H22FNO3.C15H16N4O3.CF4.CH4/c1-14-11-16(8-10-25-14)15-6-7-19-18(12-15)20(21(27)23(2,3)29-19)26-22(28)17-5-4-9-24-13-17;1-22(2)21(26)20(24-13-7-6-10-19(24)25)17-14-16(11-12-18(17)29-22)30(27,28)23-15-8-4-3-5-9-15;1-11(22)27-18-16(20-9-5-4-6-15(20)23)14-10-12(21(25)26)7-8-13(14)17(24)19(18,2)3;1-17(2)16(21)15(19-8-4-3-5-14(19)20)12-9-11(10-18)6-7-13(12)22-17;1-15(2)8-12(14(17-9-16)18(3)4)11-7-10(19(20)21)5-6-13(11)22-15;2-1(3,4)5;/h4-13,20-21,27H,1-3H3,(H,26,28);3-5,8-9,11-12,14,20-21,23,26H,6-7,10,13H2,1-2H3;4-10,16,18H,1-3H3;6-7,9,15-16,21H,3-5,8,10H2,1-2H3;5-8H,1-4H3;;1H4/t2*20-,21+;16-,18+;15-,16+;;;/m1111.../s1. The van der Waals surface area contributed by atoms with Crippen LogP contribution < -0.4 is 34.5 Å². The van der Waals surface area contributed by atoms with Gasteiger partial charge in [0.1, 0.15) is 88.4 Å². The number of piperidine rings is 2. The first kappa shape index (κ1) is 104. The number of nitro groups is 2. The number of halogens is 5. The molecule has 2 saturated heterocycles. The minimum atomic E-state index is -5.50. The number of anilines is 1. The minimum absolute atomic E-state index is 0. The van der Waals surface area contributed by atoms with Crippen molar-refractivity contribution in [2.45, 2.75) is 218 Å². The molecule has 38 heteroatoms. The fourth-order valence-electron chi connectivity index (χ4n) is 16.8. The number of amides is 3. The molecule has 136 heavy (non-hydrogen) atoms. The Morgan fingerprint density at radius 1 is 0.640 bits per heavy atom. The molecule has 5 N–H and O–H groups in total. The summed E-state index contributed by atoms with van der Waals surface area (Å²) < 4.78 is 111. The van der Waals surface area contributed by atoms with Crippen molar-refractivity contribution in [1.82, 2.24) is 34.6 Å². The number of hydrogen-bond acceptors (Lipinski definition) is 24. The van der Waals surface area contributed by atoms with Gasteiger partial charge in [-0.1, -0.05) is 43.8 Å². The van der Waals surface area contributed by atoms with Crippen molar-refractivity contribution < 1.29 is 103 Å². The van der Waals surface area contributed by atoms with Crippen LogP contribution in [0.2, 0.25) is 0 Å². The van der Waals surface area contributed by atoms with Crippen molar-refractivity contribution in [3.05, 3.63) is 275 Å². The fourth-order valence-corrected chi connectivity index (χ4v) is 17.9. The van der Waals surface area contributed by atoms with Crippen molar-refractivity contribution in [2.24, 2.45) is 10.4 Å². The molecule has 9 heterocycles. The Kier molecular flexibility index (Phi) is 32.4. The molecule has 32 nitrogen and oxygen atoms in total. The molecule has 6 aromatic carbocycles. The maximum atomic E-state index is 13.0. The van der Waals surface area contributed by atoms with E-state index < -0.39 is 115 Å². The molecule has 6 aliphatic heterocycles. The zero-order chi connectivity index (χ0) is 98.9. The van der Waals surface area contributed by atoms with Crippen LogP contribution in [0.1, 0.15) is 206 Å². The molecule has 7 aliphatic rings. The lowest BCUT2D eigenvalue weighted by atomic mass is 9.68. The number of hydrogen-bond donors (Lipinski definition) is 5. The molecule has 0 saturated carbocycles. The van der Waals surface area contributed by atoms with Gasteiger partial charge in [0, 0.05) is 147 Å². The predicted octanol–water partition coefficient (Wildman–Crippen LogP) is 16.5. The normalized spacial score (nSPS) is 20.9. The molecule has 0 unspecified atom stereocenters. The number of likely N-dealkylation sites (N-methyl/N-ethyl adjacent to an activating group) is 1. The number of aliphatic hydroxyl groups is 3. The zero-order valence-electron chi connectivity index (χ0n) is 76.5. The van der Waals surface area contributed by atoms with Crippen LogP contribution in [0.5, 0.6) is 23.0 Å². The van der Waals surface area contributed by atoms with Crippen molar-refractivity contribution in [3.63, 3.8) is 0 Å². The first-order valence-electron chi connectivity index (χ1n) is 43.0. The van der Waals surface area contributed by atoms with Crippen LogP contribution in [0.15, 0.2) is 209 Å². The number of aryl methyl sites for hydroxylation is 1. The van der Waals surface area contributed by atoms with Crippen molar-refractivity contribution in [3.8, 4) is 40.3 Å². The molecule has 2 fully saturated rings. The average molecular weight is 1900 g/mol. The number of non-ortho nitro benzene ring substituents is 2. The molecular formula is C98H109F5N12O20S. The summed E-state index contributed by atoms with van der Waals surface area (Å²) in [7, 11) is -0.331. The predicted molar refractivity (Wildman–Crippen MR) is 495 cm³/mol. The number of esters is 1. The van der Waals surface area contributed by atoms with Gasteiger partial charge in [0.15, 0.2) is 5.78 Å². The molecule has 1 aliphatic carbocycles. The highest BCUT2D eigenvalue weighted by atomic mass is 32.2. The number of fused-ring (bicyclic) bond motifs is 5. The lowest BCUT2D eigenvalue weighted by Gasteiger charge is -2.47. The molecular weight excluding hydrogens is 1790 g/mol. The van der Waals surface area contributed by atoms with Gasteiger partial charge in [0.05, 0.1) is 43.8 Å². The van der Waals surface area contributed by atoms with E-state index in [1.807, 2.05) is 84.9 Å². The van der Waals surface area contributed by atoms with Crippen LogP contribution in [-0.4, -0.2) is 179 Å². The summed E-state index contributed by atoms with van der Waals surface area (Å²) in [4.78, 5) is 113. The Labute approximate surface area is 783 Å². The highest BCUT2D eigenvalue weighted by molar-refractivity contribution is 7.92. The summed E-state index contributed by atoms with van der Waals surface area (Å²) in [6, 6.07) is 41.7. The number of aromatic nitrogens is 3. The van der Waals surface area contributed by atoms with Crippen LogP contribution in [0.4, 0.5) is 39.0 Å². The number of Topliss-reactive ketones (excluding diaryl/α,β-unsaturated/α-hetero) is 1. The van der Waals surface area contributed by atoms with Crippen LogP contribution in [0.25, 0.3) is 16.7 Å². The number of aliphatic hydroxyl groups excluding tert-OH is 3. The van der Waals surface area contributed by atoms with E-state index in [1.54, 1.807) is 160 Å². The first-order valence-corrected chi connectivity index (χ1v) is 44.5. The number of aliphatic imine (C=N–C) groups is 1. The third-order valence-electron chi connectivity index (χ3n) is 23.5. The zero-order valence-corrected chi connectivity index (χ0v) is 77.3. The molecule has 16 rings (SSSR count). The quantitative estimate of drug-likeness (QED) is 0.0128. The third-order valence-corrected chi connectivity index (χ3v) is 24.9. The Morgan fingerprint density at radius 3 is 1.73 bits per heavy atom. The lowest BCUT2D eigenvalue weighted by Crippen LogP contribution is -2.55. The number of ketones is 1. The molecule has 0 bridgehead atoms. The number of amidine groups is 1. The first-order chi connectivity index (χ1) is 63.4. The van der Waals surface area contributed by atoms with Gasteiger partial charge < -0.3 is 63.6 Å². The number of alkyl halides is 5. The molecule has 0 spiro atoms. The number of rotatable bonds is 14. The van der Waals surface area contributed by atoms with Gasteiger partial charge in [-0.25, -0.2) is 12.8 Å². The number of carbonyl (C=O) groups is 5. The maximum absolute atomic E-state index is 13.0. The molecule has 8 atom stereocenters. The van der Waals surface area contributed by atoms with E-state index in [2.05, 4.69) is 25.0 Å². The molecule has 3 amide bonds. The number of para-hydroxylation sites is 1. The van der Waals surface area contributed by atoms with Crippen molar-refractivity contribution in [2.75, 3.05) is 31.9 Å². The van der Waals surface area contributed by atoms with E-state index in [-0.39, 0.29) is 63.9 Å². The Bertz CT molecular complexity index is 6240. The van der Waals surface area contributed by atoms with Gasteiger partial charge in [-0.05, 0) is 227 Å². The summed E-state index contributed by atoms with van der Waals surface area (Å²) in [6.07, 6.45) is 5.11. The SMILES string of the molecule is C.CC(=O)O[C@H]1[C@H](n2ccccc2=O)c2cc([N+](=O)[O-])ccc2C(=O)C1(C)C.CC1(C)Oc2ccc(CF)cc2[C@@H](N2CCCCC2=O)[C@@H]1O.CC1(C)Oc2ccc(S(=O)(=O)Nc3ccccc3)cc2[C@@H](N2CCCCC2=O)[C@@H]1O.CN(C)C(=NC#N)C1=CC(C)(C)Oc2ccc([N+](=O)[O-])cc21.Cc1cc(-c2ccc3c(c2)[C@@H](NC(=O)c2cccnc2)[C@H](O)C(C)(C)O3)ccn1.FC(F)(F)F.